The summed E-state index contributed by atoms with van der Waals surface area (Å²) in [5.74, 6) is -0.744. The number of halogens is 1. The van der Waals surface area contributed by atoms with Gasteiger partial charge in [-0.1, -0.05) is 11.6 Å². The molecule has 39 heavy (non-hydrogen) atoms. The quantitative estimate of drug-likeness (QED) is 0.271. The second-order valence-corrected chi connectivity index (χ2v) is 8.95. The summed E-state index contributed by atoms with van der Waals surface area (Å²) in [6.45, 7) is 0. The predicted molar refractivity (Wildman–Crippen MR) is 142 cm³/mol. The highest BCUT2D eigenvalue weighted by molar-refractivity contribution is 6.30. The average Bonchev–Trinajstić information content (AvgIpc) is 3.60. The Morgan fingerprint density at radius 2 is 1.79 bits per heavy atom. The van der Waals surface area contributed by atoms with Crippen molar-refractivity contribution in [2.45, 2.75) is 25.3 Å². The molecule has 0 spiro atoms. The van der Waals surface area contributed by atoms with Crippen LogP contribution >= 0.6 is 11.6 Å². The van der Waals surface area contributed by atoms with E-state index in [-0.39, 0.29) is 18.7 Å². The fourth-order valence-corrected chi connectivity index (χ4v) is 3.98. The number of rotatable bonds is 10. The van der Waals surface area contributed by atoms with Gasteiger partial charge in [0.05, 0.1) is 18.5 Å². The van der Waals surface area contributed by atoms with Crippen LogP contribution in [0.4, 0.5) is 16.2 Å². The summed E-state index contributed by atoms with van der Waals surface area (Å²) in [7, 11) is 3.04. The Bertz CT molecular complexity index is 1440. The van der Waals surface area contributed by atoms with Gasteiger partial charge in [-0.2, -0.15) is 5.10 Å². The Kier molecular flexibility index (Phi) is 8.84. The number of amides is 3. The second kappa shape index (κ2) is 12.6. The zero-order valence-electron chi connectivity index (χ0n) is 21.2. The van der Waals surface area contributed by atoms with E-state index in [2.05, 4.69) is 41.3 Å². The molecule has 3 amide bonds. The minimum absolute atomic E-state index is 0.0926. The minimum Gasteiger partial charge on any atom is -0.453 e. The fraction of sp³-hybridized carbons (Fsp3) is 0.240. The normalized spacial score (nSPS) is 11.5. The van der Waals surface area contributed by atoms with Crippen LogP contribution in [0, 0.1) is 0 Å². The number of ether oxygens (including phenoxy) is 1. The number of anilines is 2. The van der Waals surface area contributed by atoms with Crippen molar-refractivity contribution in [3.8, 4) is 5.69 Å². The first kappa shape index (κ1) is 27.3. The standard InChI is InChI=1S/C25H26ClN9O4/c1-34-12-11-20(31-34)14-21(24(37)28-18-5-7-19(8-6-18)29-25(38)39-2)30-23(36)10-3-16-13-17(26)4-9-22(16)35-15-27-32-33-35/h4-9,11-13,15,21H,3,10,14H2,1-2H3,(H,28,37)(H,29,38)(H,30,36)/t21-/m0/s1. The smallest absolute Gasteiger partial charge is 0.411 e. The molecule has 0 aliphatic heterocycles. The molecular weight excluding hydrogens is 526 g/mol. The SMILES string of the molecule is COC(=O)Nc1ccc(NC(=O)[C@H](Cc2ccn(C)n2)NC(=O)CCc2cc(Cl)ccc2-n2cnnn2)cc1. The van der Waals surface area contributed by atoms with Crippen LogP contribution in [0.2, 0.25) is 5.02 Å². The number of hydrogen-bond acceptors (Lipinski definition) is 8. The summed E-state index contributed by atoms with van der Waals surface area (Å²) in [4.78, 5) is 37.6. The van der Waals surface area contributed by atoms with E-state index in [1.54, 1.807) is 66.5 Å². The highest BCUT2D eigenvalue weighted by Gasteiger charge is 2.23. The van der Waals surface area contributed by atoms with Crippen molar-refractivity contribution >= 4 is 40.9 Å². The zero-order chi connectivity index (χ0) is 27.8. The van der Waals surface area contributed by atoms with Crippen molar-refractivity contribution in [1.29, 1.82) is 0 Å². The Morgan fingerprint density at radius 3 is 2.44 bits per heavy atom. The van der Waals surface area contributed by atoms with E-state index in [1.807, 2.05) is 0 Å². The molecular formula is C25H26ClN9O4. The molecule has 202 valence electrons. The van der Waals surface area contributed by atoms with Gasteiger partial charge in [-0.05, 0) is 70.9 Å². The van der Waals surface area contributed by atoms with E-state index in [4.69, 9.17) is 11.6 Å². The highest BCUT2D eigenvalue weighted by atomic mass is 35.5. The molecule has 0 fully saturated rings. The van der Waals surface area contributed by atoms with Crippen LogP contribution < -0.4 is 16.0 Å². The molecule has 4 rings (SSSR count). The van der Waals surface area contributed by atoms with Crippen LogP contribution in [0.15, 0.2) is 61.1 Å². The highest BCUT2D eigenvalue weighted by Crippen LogP contribution is 2.20. The molecule has 0 aliphatic carbocycles. The first-order valence-corrected chi connectivity index (χ1v) is 12.2. The summed E-state index contributed by atoms with van der Waals surface area (Å²) in [6.07, 6.45) is 3.24. The lowest BCUT2D eigenvalue weighted by atomic mass is 10.1. The van der Waals surface area contributed by atoms with Crippen LogP contribution in [0.3, 0.4) is 0 Å². The van der Waals surface area contributed by atoms with Crippen LogP contribution in [-0.4, -0.2) is 61.0 Å². The van der Waals surface area contributed by atoms with E-state index >= 15 is 0 Å². The largest absolute Gasteiger partial charge is 0.453 e. The van der Waals surface area contributed by atoms with E-state index in [9.17, 15) is 14.4 Å². The number of aryl methyl sites for hydroxylation is 2. The molecule has 2 aromatic carbocycles. The van der Waals surface area contributed by atoms with Gasteiger partial charge in [-0.3, -0.25) is 19.6 Å². The number of carbonyl (C=O) groups excluding carboxylic acids is 3. The van der Waals surface area contributed by atoms with Gasteiger partial charge in [0.1, 0.15) is 12.4 Å². The van der Waals surface area contributed by atoms with Crippen LogP contribution in [0.1, 0.15) is 17.7 Å². The Labute approximate surface area is 228 Å². The zero-order valence-corrected chi connectivity index (χ0v) is 21.9. The molecule has 0 saturated heterocycles. The topological polar surface area (TPSA) is 158 Å². The third-order valence-electron chi connectivity index (χ3n) is 5.68. The summed E-state index contributed by atoms with van der Waals surface area (Å²) < 4.78 is 7.69. The first-order chi connectivity index (χ1) is 18.8. The van der Waals surface area contributed by atoms with Gasteiger partial charge < -0.3 is 15.4 Å². The maximum Gasteiger partial charge on any atom is 0.411 e. The molecule has 0 unspecified atom stereocenters. The molecule has 1 atom stereocenters. The first-order valence-electron chi connectivity index (χ1n) is 11.9. The monoisotopic (exact) mass is 551 g/mol. The van der Waals surface area contributed by atoms with Crippen molar-refractivity contribution in [1.82, 2.24) is 35.3 Å². The van der Waals surface area contributed by atoms with Crippen molar-refractivity contribution in [2.24, 2.45) is 7.05 Å². The lowest BCUT2D eigenvalue weighted by Gasteiger charge is -2.18. The third kappa shape index (κ3) is 7.61. The molecule has 2 heterocycles. The summed E-state index contributed by atoms with van der Waals surface area (Å²) >= 11 is 6.18. The van der Waals surface area contributed by atoms with E-state index in [0.717, 1.165) is 5.56 Å². The van der Waals surface area contributed by atoms with E-state index < -0.39 is 18.0 Å². The van der Waals surface area contributed by atoms with Gasteiger partial charge in [-0.15, -0.1) is 5.10 Å². The predicted octanol–water partition coefficient (Wildman–Crippen LogP) is 2.53. The summed E-state index contributed by atoms with van der Waals surface area (Å²) in [5, 5.41) is 24.2. The van der Waals surface area contributed by atoms with E-state index in [0.29, 0.717) is 34.2 Å². The molecule has 0 aliphatic rings. The van der Waals surface area contributed by atoms with Gasteiger partial charge in [0.25, 0.3) is 0 Å². The third-order valence-corrected chi connectivity index (χ3v) is 5.91. The van der Waals surface area contributed by atoms with Crippen LogP contribution in [0.5, 0.6) is 0 Å². The fourth-order valence-electron chi connectivity index (χ4n) is 3.79. The molecule has 0 radical (unpaired) electrons. The number of nitrogens with one attached hydrogen (secondary N) is 3. The van der Waals surface area contributed by atoms with Crippen molar-refractivity contribution in [2.75, 3.05) is 17.7 Å². The van der Waals surface area contributed by atoms with Crippen molar-refractivity contribution in [3.05, 3.63) is 77.3 Å². The van der Waals surface area contributed by atoms with Gasteiger partial charge in [0.15, 0.2) is 0 Å². The summed E-state index contributed by atoms with van der Waals surface area (Å²) in [5.41, 5.74) is 3.11. The van der Waals surface area contributed by atoms with Crippen molar-refractivity contribution in [3.63, 3.8) is 0 Å². The number of benzene rings is 2. The Morgan fingerprint density at radius 1 is 1.05 bits per heavy atom. The summed E-state index contributed by atoms with van der Waals surface area (Å²) in [6, 6.07) is 12.6. The lowest BCUT2D eigenvalue weighted by molar-refractivity contribution is -0.126. The number of aromatic nitrogens is 6. The van der Waals surface area contributed by atoms with Gasteiger partial charge in [0, 0.05) is 42.5 Å². The Hall–Kier alpha value is -4.78. The molecule has 3 N–H and O–H groups in total. The number of carbonyl (C=O) groups is 3. The maximum absolute atomic E-state index is 13.2. The van der Waals surface area contributed by atoms with Gasteiger partial charge in [-0.25, -0.2) is 9.48 Å². The molecule has 4 aromatic rings. The second-order valence-electron chi connectivity index (χ2n) is 8.52. The van der Waals surface area contributed by atoms with E-state index in [1.165, 1.54) is 18.1 Å². The minimum atomic E-state index is -0.890. The van der Waals surface area contributed by atoms with Crippen LogP contribution in [0.25, 0.3) is 5.69 Å². The molecule has 0 saturated carbocycles. The maximum atomic E-state index is 13.2. The number of methoxy groups -OCH3 is 1. The molecule has 14 heteroatoms. The van der Waals surface area contributed by atoms with Gasteiger partial charge in [0.2, 0.25) is 11.8 Å². The van der Waals surface area contributed by atoms with Crippen molar-refractivity contribution < 1.29 is 19.1 Å². The molecule has 13 nitrogen and oxygen atoms in total. The number of tetrazole rings is 1. The number of hydrogen-bond donors (Lipinski definition) is 3. The Balaban J connectivity index is 1.43. The van der Waals surface area contributed by atoms with Gasteiger partial charge >= 0.3 is 6.09 Å². The average molecular weight is 552 g/mol. The molecule has 2 aromatic heterocycles. The lowest BCUT2D eigenvalue weighted by Crippen LogP contribution is -2.45. The van der Waals surface area contributed by atoms with Crippen LogP contribution in [-0.2, 0) is 34.2 Å². The number of nitrogens with zero attached hydrogens (tertiary/aromatic N) is 6. The molecule has 0 bridgehead atoms.